The molecular weight excluding hydrogens is 344 g/mol. The number of hydrogen-bond acceptors (Lipinski definition) is 4. The van der Waals surface area contributed by atoms with Crippen molar-refractivity contribution in [1.82, 2.24) is 0 Å². The number of aliphatic carboxylic acids is 1. The highest BCUT2D eigenvalue weighted by Gasteiger charge is 2.54. The van der Waals surface area contributed by atoms with E-state index in [-0.39, 0.29) is 18.3 Å². The van der Waals surface area contributed by atoms with Gasteiger partial charge in [0.05, 0.1) is 12.8 Å². The molecule has 4 atom stereocenters. The van der Waals surface area contributed by atoms with Crippen LogP contribution in [0, 0.1) is 17.3 Å². The van der Waals surface area contributed by atoms with Crippen LogP contribution in [-0.4, -0.2) is 22.8 Å². The molecule has 0 radical (unpaired) electrons. The zero-order chi connectivity index (χ0) is 19.2. The lowest BCUT2D eigenvalue weighted by atomic mass is 9.55. The minimum absolute atomic E-state index is 0.113. The number of Topliss-reactive ketones (excluding diaryl/α,β-unsaturated/α-hetero) is 1. The number of fused-ring (bicyclic) bond motifs is 5. The van der Waals surface area contributed by atoms with Crippen LogP contribution in [0.15, 0.2) is 18.2 Å². The highest BCUT2D eigenvalue weighted by Crippen LogP contribution is 2.59. The number of hydrogen-bond donors (Lipinski definition) is 1. The summed E-state index contributed by atoms with van der Waals surface area (Å²) in [6.07, 6.45) is 5.49. The molecule has 0 amide bonds. The van der Waals surface area contributed by atoms with Gasteiger partial charge in [0.15, 0.2) is 0 Å². The molecule has 0 spiro atoms. The Hall–Kier alpha value is -2.17. The van der Waals surface area contributed by atoms with E-state index in [1.165, 1.54) is 11.1 Å². The van der Waals surface area contributed by atoms with Crippen molar-refractivity contribution >= 4 is 17.7 Å². The Bertz CT molecular complexity index is 798. The standard InChI is InChI=1S/C22H26O5/c1-22-11-10-16-15-5-3-14(27-21(26)9-8-20(24)25)12-13(15)2-4-17(16)18(22)6-7-19(22)23/h3,5,12,16-18H,2,4,6-11H2,1H3,(H,24,25)/t16-,17-,18-,22-/m0/s1. The van der Waals surface area contributed by atoms with Gasteiger partial charge in [-0.2, -0.15) is 0 Å². The molecule has 1 aromatic rings. The van der Waals surface area contributed by atoms with E-state index in [1.807, 2.05) is 12.1 Å². The molecule has 3 aliphatic rings. The first-order chi connectivity index (χ1) is 12.9. The quantitative estimate of drug-likeness (QED) is 0.642. The second kappa shape index (κ2) is 6.77. The number of benzene rings is 1. The van der Waals surface area contributed by atoms with Gasteiger partial charge in [-0.05, 0) is 73.1 Å². The number of ether oxygens (including phenoxy) is 1. The van der Waals surface area contributed by atoms with E-state index in [2.05, 4.69) is 13.0 Å². The molecule has 2 fully saturated rings. The van der Waals surface area contributed by atoms with Crippen LogP contribution in [0.5, 0.6) is 5.75 Å². The highest BCUT2D eigenvalue weighted by molar-refractivity contribution is 5.87. The fourth-order valence-corrected chi connectivity index (χ4v) is 5.78. The average molecular weight is 370 g/mol. The second-order valence-corrected chi connectivity index (χ2v) is 8.56. The van der Waals surface area contributed by atoms with Crippen molar-refractivity contribution in [3.05, 3.63) is 29.3 Å². The Kier molecular flexibility index (Phi) is 4.57. The van der Waals surface area contributed by atoms with Crippen molar-refractivity contribution in [2.45, 2.75) is 64.2 Å². The maximum absolute atomic E-state index is 12.4. The summed E-state index contributed by atoms with van der Waals surface area (Å²) < 4.78 is 5.32. The molecule has 27 heavy (non-hydrogen) atoms. The normalized spacial score (nSPS) is 31.6. The molecule has 1 aromatic carbocycles. The molecule has 0 saturated heterocycles. The number of carbonyl (C=O) groups is 3. The third-order valence-electron chi connectivity index (χ3n) is 7.18. The molecule has 0 aliphatic heterocycles. The van der Waals surface area contributed by atoms with Crippen LogP contribution >= 0.6 is 0 Å². The lowest BCUT2D eigenvalue weighted by Crippen LogP contribution is -2.42. The van der Waals surface area contributed by atoms with Crippen molar-refractivity contribution in [2.75, 3.05) is 0 Å². The number of esters is 1. The van der Waals surface area contributed by atoms with Crippen LogP contribution < -0.4 is 4.74 Å². The first-order valence-electron chi connectivity index (χ1n) is 9.97. The molecule has 5 nitrogen and oxygen atoms in total. The number of ketones is 1. The van der Waals surface area contributed by atoms with Crippen LogP contribution in [0.2, 0.25) is 0 Å². The van der Waals surface area contributed by atoms with E-state index in [0.29, 0.717) is 29.3 Å². The Morgan fingerprint density at radius 1 is 1.19 bits per heavy atom. The first-order valence-corrected chi connectivity index (χ1v) is 9.97. The first kappa shape index (κ1) is 18.2. The smallest absolute Gasteiger partial charge is 0.311 e. The van der Waals surface area contributed by atoms with E-state index >= 15 is 0 Å². The predicted molar refractivity (Wildman–Crippen MR) is 98.6 cm³/mol. The Morgan fingerprint density at radius 2 is 2.00 bits per heavy atom. The minimum Gasteiger partial charge on any atom is -0.481 e. The topological polar surface area (TPSA) is 80.7 Å². The molecule has 0 heterocycles. The highest BCUT2D eigenvalue weighted by atomic mass is 16.5. The summed E-state index contributed by atoms with van der Waals surface area (Å²) in [4.78, 5) is 34.8. The summed E-state index contributed by atoms with van der Waals surface area (Å²) >= 11 is 0. The summed E-state index contributed by atoms with van der Waals surface area (Å²) in [7, 11) is 0. The molecule has 0 bridgehead atoms. The number of carboxylic acid groups (broad SMARTS) is 1. The molecule has 4 rings (SSSR count). The van der Waals surface area contributed by atoms with Crippen molar-refractivity contribution in [2.24, 2.45) is 17.3 Å². The lowest BCUT2D eigenvalue weighted by Gasteiger charge is -2.48. The Balaban J connectivity index is 1.50. The van der Waals surface area contributed by atoms with Crippen LogP contribution in [0.25, 0.3) is 0 Å². The maximum atomic E-state index is 12.4. The van der Waals surface area contributed by atoms with Crippen LogP contribution in [0.4, 0.5) is 0 Å². The van der Waals surface area contributed by atoms with E-state index in [9.17, 15) is 14.4 Å². The zero-order valence-corrected chi connectivity index (χ0v) is 15.7. The van der Waals surface area contributed by atoms with E-state index in [4.69, 9.17) is 9.84 Å². The van der Waals surface area contributed by atoms with E-state index in [1.54, 1.807) is 0 Å². The number of rotatable bonds is 4. The van der Waals surface area contributed by atoms with Gasteiger partial charge >= 0.3 is 11.9 Å². The molecule has 1 N–H and O–H groups in total. The van der Waals surface area contributed by atoms with Gasteiger partial charge in [-0.1, -0.05) is 13.0 Å². The molecule has 3 aliphatic carbocycles. The van der Waals surface area contributed by atoms with Crippen LogP contribution in [-0.2, 0) is 20.8 Å². The van der Waals surface area contributed by atoms with Gasteiger partial charge in [0.2, 0.25) is 0 Å². The molecule has 5 heteroatoms. The zero-order valence-electron chi connectivity index (χ0n) is 15.7. The SMILES string of the molecule is C[C@]12CC[C@H]3c4ccc(OC(=O)CCC(=O)O)cc4CC[C@@H]3[C@@H]1CCC2=O. The van der Waals surface area contributed by atoms with Crippen molar-refractivity contribution in [3.63, 3.8) is 0 Å². The van der Waals surface area contributed by atoms with Crippen LogP contribution in [0.1, 0.15) is 68.9 Å². The number of carboxylic acids is 1. The predicted octanol–water partition coefficient (Wildman–Crippen LogP) is 3.88. The largest absolute Gasteiger partial charge is 0.481 e. The van der Waals surface area contributed by atoms with Crippen molar-refractivity contribution in [1.29, 1.82) is 0 Å². The lowest BCUT2D eigenvalue weighted by molar-refractivity contribution is -0.142. The number of carbonyl (C=O) groups excluding carboxylic acids is 2. The van der Waals surface area contributed by atoms with Gasteiger partial charge in [-0.3, -0.25) is 14.4 Å². The summed E-state index contributed by atoms with van der Waals surface area (Å²) in [6.45, 7) is 2.18. The van der Waals surface area contributed by atoms with Gasteiger partial charge in [0, 0.05) is 11.8 Å². The average Bonchev–Trinajstić information content (AvgIpc) is 2.94. The van der Waals surface area contributed by atoms with Crippen molar-refractivity contribution in [3.8, 4) is 5.75 Å². The van der Waals surface area contributed by atoms with E-state index in [0.717, 1.165) is 38.5 Å². The maximum Gasteiger partial charge on any atom is 0.311 e. The van der Waals surface area contributed by atoms with Crippen molar-refractivity contribution < 1.29 is 24.2 Å². The Labute approximate surface area is 159 Å². The molecular formula is C22H26O5. The molecule has 0 unspecified atom stereocenters. The van der Waals surface area contributed by atoms with Gasteiger partial charge < -0.3 is 9.84 Å². The third-order valence-corrected chi connectivity index (χ3v) is 7.18. The fraction of sp³-hybridized carbons (Fsp3) is 0.591. The van der Waals surface area contributed by atoms with Gasteiger partial charge in [0.25, 0.3) is 0 Å². The third kappa shape index (κ3) is 3.17. The summed E-state index contributed by atoms with van der Waals surface area (Å²) in [5, 5.41) is 8.67. The summed E-state index contributed by atoms with van der Waals surface area (Å²) in [5.74, 6) is 1.02. The monoisotopic (exact) mass is 370 g/mol. The Morgan fingerprint density at radius 3 is 2.78 bits per heavy atom. The molecule has 144 valence electrons. The molecule has 0 aromatic heterocycles. The summed E-state index contributed by atoms with van der Waals surface area (Å²) in [6, 6.07) is 5.84. The van der Waals surface area contributed by atoms with Gasteiger partial charge in [-0.15, -0.1) is 0 Å². The molecule has 2 saturated carbocycles. The number of aryl methyl sites for hydroxylation is 1. The summed E-state index contributed by atoms with van der Waals surface area (Å²) in [5.41, 5.74) is 2.46. The van der Waals surface area contributed by atoms with Crippen LogP contribution in [0.3, 0.4) is 0 Å². The van der Waals surface area contributed by atoms with Gasteiger partial charge in [0.1, 0.15) is 11.5 Å². The van der Waals surface area contributed by atoms with E-state index < -0.39 is 11.9 Å². The second-order valence-electron chi connectivity index (χ2n) is 8.56. The minimum atomic E-state index is -1.00. The fourth-order valence-electron chi connectivity index (χ4n) is 5.78. The van der Waals surface area contributed by atoms with Gasteiger partial charge in [-0.25, -0.2) is 0 Å².